The van der Waals surface area contributed by atoms with E-state index in [2.05, 4.69) is 4.90 Å². The summed E-state index contributed by atoms with van der Waals surface area (Å²) in [6.45, 7) is 4.25. The highest BCUT2D eigenvalue weighted by Crippen LogP contribution is 2.21. The van der Waals surface area contributed by atoms with Gasteiger partial charge < -0.3 is 14.4 Å². The number of likely N-dealkylation sites (tertiary alicyclic amines) is 2. The lowest BCUT2D eigenvalue weighted by molar-refractivity contribution is -0.131. The van der Waals surface area contributed by atoms with Crippen LogP contribution in [0.15, 0.2) is 29.2 Å². The lowest BCUT2D eigenvalue weighted by Crippen LogP contribution is -2.38. The number of nitrogens with zero attached hydrogens (tertiary/aromatic N) is 3. The highest BCUT2D eigenvalue weighted by atomic mass is 16.2. The number of pyridine rings is 1. The summed E-state index contributed by atoms with van der Waals surface area (Å²) in [6, 6.07) is 5.63. The molecule has 1 amide bonds. The summed E-state index contributed by atoms with van der Waals surface area (Å²) in [7, 11) is 0. The molecule has 5 heteroatoms. The first-order valence-electron chi connectivity index (χ1n) is 8.41. The molecule has 0 unspecified atom stereocenters. The normalized spacial score (nSPS) is 23.5. The topological polar surface area (TPSA) is 45.6 Å². The second-order valence-corrected chi connectivity index (χ2v) is 6.38. The molecule has 0 N–H and O–H groups in total. The first-order valence-corrected chi connectivity index (χ1v) is 8.41. The van der Waals surface area contributed by atoms with Gasteiger partial charge in [0.1, 0.15) is 6.54 Å². The summed E-state index contributed by atoms with van der Waals surface area (Å²) in [6.07, 6.45) is 7.64. The lowest BCUT2D eigenvalue weighted by atomic mass is 10.1. The van der Waals surface area contributed by atoms with E-state index in [0.717, 1.165) is 25.9 Å². The second kappa shape index (κ2) is 7.09. The Morgan fingerprint density at radius 3 is 2.64 bits per heavy atom. The Kier molecular flexibility index (Phi) is 4.93. The third-order valence-electron chi connectivity index (χ3n) is 4.91. The maximum absolute atomic E-state index is 12.5. The van der Waals surface area contributed by atoms with Crippen molar-refractivity contribution in [2.75, 3.05) is 26.2 Å². The van der Waals surface area contributed by atoms with Gasteiger partial charge in [-0.2, -0.15) is 0 Å². The minimum Gasteiger partial charge on any atom is -0.341 e. The van der Waals surface area contributed by atoms with Gasteiger partial charge in [-0.15, -0.1) is 0 Å². The summed E-state index contributed by atoms with van der Waals surface area (Å²) in [4.78, 5) is 28.7. The van der Waals surface area contributed by atoms with Crippen molar-refractivity contribution in [2.24, 2.45) is 0 Å². The molecule has 5 nitrogen and oxygen atoms in total. The van der Waals surface area contributed by atoms with Gasteiger partial charge in [-0.1, -0.05) is 6.07 Å². The summed E-state index contributed by atoms with van der Waals surface area (Å²) in [5.74, 6) is 0.0652. The summed E-state index contributed by atoms with van der Waals surface area (Å²) >= 11 is 0. The van der Waals surface area contributed by atoms with Crippen LogP contribution < -0.4 is 5.56 Å². The molecule has 2 aliphatic heterocycles. The average Bonchev–Trinajstić information content (AvgIpc) is 2.94. The van der Waals surface area contributed by atoms with Gasteiger partial charge in [0.25, 0.3) is 5.56 Å². The van der Waals surface area contributed by atoms with Crippen LogP contribution >= 0.6 is 0 Å². The van der Waals surface area contributed by atoms with Crippen LogP contribution in [0.2, 0.25) is 0 Å². The van der Waals surface area contributed by atoms with Crippen LogP contribution in [-0.2, 0) is 11.3 Å². The molecule has 0 radical (unpaired) electrons. The van der Waals surface area contributed by atoms with E-state index in [4.69, 9.17) is 0 Å². The van der Waals surface area contributed by atoms with Gasteiger partial charge in [0.2, 0.25) is 5.91 Å². The molecule has 3 heterocycles. The molecule has 1 aromatic heterocycles. The number of hydrogen-bond acceptors (Lipinski definition) is 3. The number of amides is 1. The predicted octanol–water partition coefficient (Wildman–Crippen LogP) is 1.33. The molecular formula is C17H25N3O2. The molecule has 0 bridgehead atoms. The quantitative estimate of drug-likeness (QED) is 0.846. The highest BCUT2D eigenvalue weighted by Gasteiger charge is 2.26. The molecule has 3 rings (SSSR count). The zero-order chi connectivity index (χ0) is 15.4. The standard InChI is InChI=1S/C17H25N3O2/c21-16-7-1-2-11-20(16)14-17(22)19-12-5-6-15(8-13-19)18-9-3-4-10-18/h1-2,7,11,15H,3-6,8-10,12-14H2/t15-/m0/s1. The molecule has 1 aromatic rings. The van der Waals surface area contributed by atoms with Gasteiger partial charge in [0.15, 0.2) is 0 Å². The predicted molar refractivity (Wildman–Crippen MR) is 85.7 cm³/mol. The first-order chi connectivity index (χ1) is 10.7. The molecule has 0 saturated carbocycles. The Bertz CT molecular complexity index is 563. The van der Waals surface area contributed by atoms with E-state index in [1.165, 1.54) is 43.0 Å². The maximum atomic E-state index is 12.5. The SMILES string of the molecule is O=C(Cn1ccccc1=O)N1CCC[C@H](N2CCCC2)CC1. The fourth-order valence-electron chi connectivity index (χ4n) is 3.64. The third kappa shape index (κ3) is 3.58. The fraction of sp³-hybridized carbons (Fsp3) is 0.647. The van der Waals surface area contributed by atoms with Crippen molar-refractivity contribution in [3.63, 3.8) is 0 Å². The molecule has 2 fully saturated rings. The van der Waals surface area contributed by atoms with Crippen LogP contribution in [-0.4, -0.2) is 52.5 Å². The van der Waals surface area contributed by atoms with Gasteiger partial charge >= 0.3 is 0 Å². The van der Waals surface area contributed by atoms with Crippen molar-refractivity contribution in [1.82, 2.24) is 14.4 Å². The minimum atomic E-state index is -0.111. The molecule has 120 valence electrons. The van der Waals surface area contributed by atoms with Crippen molar-refractivity contribution < 1.29 is 4.79 Å². The summed E-state index contributed by atoms with van der Waals surface area (Å²) in [5, 5.41) is 0. The van der Waals surface area contributed by atoms with Gasteiger partial charge in [0.05, 0.1) is 0 Å². The molecule has 0 aliphatic carbocycles. The Morgan fingerprint density at radius 2 is 1.86 bits per heavy atom. The molecule has 0 spiro atoms. The lowest BCUT2D eigenvalue weighted by Gasteiger charge is -2.26. The number of carbonyl (C=O) groups excluding carboxylic acids is 1. The summed E-state index contributed by atoms with van der Waals surface area (Å²) < 4.78 is 1.49. The van der Waals surface area contributed by atoms with Crippen LogP contribution in [0.25, 0.3) is 0 Å². The van der Waals surface area contributed by atoms with Crippen molar-refractivity contribution in [1.29, 1.82) is 0 Å². The number of hydrogen-bond donors (Lipinski definition) is 0. The monoisotopic (exact) mass is 303 g/mol. The number of rotatable bonds is 3. The van der Waals surface area contributed by atoms with Gasteiger partial charge in [-0.05, 0) is 51.3 Å². The van der Waals surface area contributed by atoms with E-state index in [1.807, 2.05) is 4.90 Å². The Balaban J connectivity index is 1.57. The Morgan fingerprint density at radius 1 is 1.05 bits per heavy atom. The van der Waals surface area contributed by atoms with Crippen LogP contribution in [0.4, 0.5) is 0 Å². The summed E-state index contributed by atoms with van der Waals surface area (Å²) in [5.41, 5.74) is -0.111. The molecule has 2 aliphatic rings. The Hall–Kier alpha value is -1.62. The van der Waals surface area contributed by atoms with Crippen LogP contribution in [0.3, 0.4) is 0 Å². The third-order valence-corrected chi connectivity index (χ3v) is 4.91. The van der Waals surface area contributed by atoms with E-state index in [-0.39, 0.29) is 18.0 Å². The van der Waals surface area contributed by atoms with E-state index in [1.54, 1.807) is 18.3 Å². The van der Waals surface area contributed by atoms with Crippen LogP contribution in [0.5, 0.6) is 0 Å². The molecular weight excluding hydrogens is 278 g/mol. The van der Waals surface area contributed by atoms with Crippen LogP contribution in [0, 0.1) is 0 Å². The van der Waals surface area contributed by atoms with Crippen molar-refractivity contribution in [2.45, 2.75) is 44.7 Å². The van der Waals surface area contributed by atoms with E-state index in [0.29, 0.717) is 6.04 Å². The molecule has 2 saturated heterocycles. The zero-order valence-electron chi connectivity index (χ0n) is 13.1. The smallest absolute Gasteiger partial charge is 0.250 e. The molecule has 22 heavy (non-hydrogen) atoms. The Labute approximate surface area is 131 Å². The van der Waals surface area contributed by atoms with Gasteiger partial charge in [-0.25, -0.2) is 0 Å². The zero-order valence-corrected chi connectivity index (χ0v) is 13.1. The maximum Gasteiger partial charge on any atom is 0.250 e. The number of aromatic nitrogens is 1. The molecule has 0 aromatic carbocycles. The first kappa shape index (κ1) is 15.3. The minimum absolute atomic E-state index is 0.0652. The average molecular weight is 303 g/mol. The largest absolute Gasteiger partial charge is 0.341 e. The van der Waals surface area contributed by atoms with E-state index in [9.17, 15) is 9.59 Å². The second-order valence-electron chi connectivity index (χ2n) is 6.38. The van der Waals surface area contributed by atoms with E-state index < -0.39 is 0 Å². The van der Waals surface area contributed by atoms with Gasteiger partial charge in [0, 0.05) is 31.4 Å². The number of carbonyl (C=O) groups is 1. The van der Waals surface area contributed by atoms with Crippen LogP contribution in [0.1, 0.15) is 32.1 Å². The fourth-order valence-corrected chi connectivity index (χ4v) is 3.64. The van der Waals surface area contributed by atoms with Gasteiger partial charge in [-0.3, -0.25) is 9.59 Å². The van der Waals surface area contributed by atoms with E-state index >= 15 is 0 Å². The van der Waals surface area contributed by atoms with Crippen molar-refractivity contribution in [3.05, 3.63) is 34.7 Å². The highest BCUT2D eigenvalue weighted by molar-refractivity contribution is 5.76. The molecule has 1 atom stereocenters. The van der Waals surface area contributed by atoms with Crippen molar-refractivity contribution in [3.8, 4) is 0 Å². The van der Waals surface area contributed by atoms with Crippen molar-refractivity contribution >= 4 is 5.91 Å².